The van der Waals surface area contributed by atoms with Crippen LogP contribution in [0.25, 0.3) is 0 Å². The van der Waals surface area contributed by atoms with Crippen LogP contribution in [0.1, 0.15) is 46.0 Å². The predicted octanol–water partition coefficient (Wildman–Crippen LogP) is 2.18. The summed E-state index contributed by atoms with van der Waals surface area (Å²) in [6.45, 7) is 4.09. The summed E-state index contributed by atoms with van der Waals surface area (Å²) in [5.74, 6) is -2.02. The van der Waals surface area contributed by atoms with Crippen molar-refractivity contribution in [2.45, 2.75) is 50.9 Å². The molecule has 6 heteroatoms. The highest BCUT2D eigenvalue weighted by Gasteiger charge is 2.39. The van der Waals surface area contributed by atoms with Gasteiger partial charge in [0.1, 0.15) is 0 Å². The maximum absolute atomic E-state index is 10.9. The van der Waals surface area contributed by atoms with Gasteiger partial charge < -0.3 is 15.3 Å². The Hall–Kier alpha value is -0.750. The molecule has 0 aliphatic heterocycles. The van der Waals surface area contributed by atoms with E-state index >= 15 is 0 Å². The molecule has 0 radical (unpaired) electrons. The summed E-state index contributed by atoms with van der Waals surface area (Å²) in [5.41, 5.74) is 0. The van der Waals surface area contributed by atoms with Crippen molar-refractivity contribution in [3.63, 3.8) is 0 Å². The Morgan fingerprint density at radius 1 is 1.28 bits per heavy atom. The highest BCUT2D eigenvalue weighted by atomic mass is 32.2. The Balaban J connectivity index is 4.41. The summed E-state index contributed by atoms with van der Waals surface area (Å²) in [6.07, 6.45) is 3.22. The Labute approximate surface area is 112 Å². The van der Waals surface area contributed by atoms with E-state index in [-0.39, 0.29) is 0 Å². The number of carboxylic acids is 2. The number of aliphatic carboxylic acids is 2. The molecular weight excluding hydrogens is 256 g/mol. The number of hydrogen-bond donors (Lipinski definition) is 3. The molecule has 0 aromatic heterocycles. The van der Waals surface area contributed by atoms with Gasteiger partial charge in [0.05, 0.1) is 6.42 Å². The van der Waals surface area contributed by atoms with E-state index in [9.17, 15) is 14.7 Å². The van der Waals surface area contributed by atoms with Crippen LogP contribution in [0, 0.1) is 5.92 Å². The lowest BCUT2D eigenvalue weighted by Crippen LogP contribution is -2.38. The zero-order valence-electron chi connectivity index (χ0n) is 10.9. The maximum atomic E-state index is 10.9. The van der Waals surface area contributed by atoms with Crippen molar-refractivity contribution in [1.29, 1.82) is 0 Å². The fraction of sp³-hybridized carbons (Fsp3) is 0.833. The molecule has 0 rings (SSSR count). The molecule has 106 valence electrons. The molecule has 0 aromatic rings. The molecule has 5 nitrogen and oxygen atoms in total. The third kappa shape index (κ3) is 6.26. The summed E-state index contributed by atoms with van der Waals surface area (Å²) in [5, 5.41) is 27.3. The molecule has 0 amide bonds. The van der Waals surface area contributed by atoms with Crippen LogP contribution in [0.3, 0.4) is 0 Å². The molecule has 0 saturated carbocycles. The lowest BCUT2D eigenvalue weighted by molar-refractivity contribution is -0.155. The lowest BCUT2D eigenvalue weighted by atomic mass is 10.0. The van der Waals surface area contributed by atoms with E-state index in [1.807, 2.05) is 6.92 Å². The fourth-order valence-corrected chi connectivity index (χ4v) is 2.81. The number of carbonyl (C=O) groups is 2. The smallest absolute Gasteiger partial charge is 0.347 e. The van der Waals surface area contributed by atoms with Gasteiger partial charge in [-0.15, -0.1) is 11.8 Å². The van der Waals surface area contributed by atoms with Gasteiger partial charge in [0, 0.05) is 0 Å². The van der Waals surface area contributed by atoms with Crippen molar-refractivity contribution in [2.24, 2.45) is 5.92 Å². The molecule has 0 saturated heterocycles. The lowest BCUT2D eigenvalue weighted by Gasteiger charge is -2.23. The molecule has 2 unspecified atom stereocenters. The first-order valence-electron chi connectivity index (χ1n) is 6.17. The van der Waals surface area contributed by atoms with Gasteiger partial charge in [-0.3, -0.25) is 4.79 Å². The number of rotatable bonds is 10. The molecule has 0 aliphatic rings. The minimum absolute atomic E-state index is 0.314. The molecule has 0 heterocycles. The van der Waals surface area contributed by atoms with Crippen LogP contribution in [0.15, 0.2) is 0 Å². The molecule has 0 spiro atoms. The molecule has 0 bridgehead atoms. The van der Waals surface area contributed by atoms with Gasteiger partial charge in [0.15, 0.2) is 0 Å². The second-order valence-corrected chi connectivity index (χ2v) is 5.68. The van der Waals surface area contributed by atoms with Crippen molar-refractivity contribution in [1.82, 2.24) is 0 Å². The van der Waals surface area contributed by atoms with E-state index < -0.39 is 23.3 Å². The Bertz CT molecular complexity index is 282. The SMILES string of the molecule is CCCCC(CC)CSC(O)(CC(=O)O)C(=O)O. The van der Waals surface area contributed by atoms with Gasteiger partial charge in [-0.25, -0.2) is 4.79 Å². The van der Waals surface area contributed by atoms with Crippen molar-refractivity contribution in [2.75, 3.05) is 5.75 Å². The van der Waals surface area contributed by atoms with Gasteiger partial charge >= 0.3 is 11.9 Å². The molecule has 0 aliphatic carbocycles. The highest BCUT2D eigenvalue weighted by molar-refractivity contribution is 8.01. The quantitative estimate of drug-likeness (QED) is 0.530. The first kappa shape index (κ1) is 17.2. The van der Waals surface area contributed by atoms with E-state index in [0.29, 0.717) is 11.7 Å². The van der Waals surface area contributed by atoms with Crippen LogP contribution in [0.4, 0.5) is 0 Å². The Morgan fingerprint density at radius 2 is 1.89 bits per heavy atom. The first-order chi connectivity index (χ1) is 8.35. The second kappa shape index (κ2) is 8.37. The van der Waals surface area contributed by atoms with Gasteiger partial charge in [0.2, 0.25) is 4.93 Å². The average Bonchev–Trinajstić information content (AvgIpc) is 2.28. The van der Waals surface area contributed by atoms with Crippen molar-refractivity contribution in [3.05, 3.63) is 0 Å². The van der Waals surface area contributed by atoms with Crippen LogP contribution < -0.4 is 0 Å². The number of thioether (sulfide) groups is 1. The van der Waals surface area contributed by atoms with E-state index in [1.165, 1.54) is 0 Å². The van der Waals surface area contributed by atoms with Crippen LogP contribution >= 0.6 is 11.8 Å². The van der Waals surface area contributed by atoms with Crippen LogP contribution in [0.2, 0.25) is 0 Å². The third-order valence-electron chi connectivity index (χ3n) is 2.83. The predicted molar refractivity (Wildman–Crippen MR) is 70.6 cm³/mol. The van der Waals surface area contributed by atoms with Gasteiger partial charge in [-0.2, -0.15) is 0 Å². The summed E-state index contributed by atoms with van der Waals surface area (Å²) in [4.78, 5) is 19.3. The summed E-state index contributed by atoms with van der Waals surface area (Å²) >= 11 is 0.819. The van der Waals surface area contributed by atoms with E-state index in [0.717, 1.165) is 37.4 Å². The van der Waals surface area contributed by atoms with Crippen LogP contribution in [0.5, 0.6) is 0 Å². The normalized spacial score (nSPS) is 15.9. The van der Waals surface area contributed by atoms with Crippen molar-refractivity contribution < 1.29 is 24.9 Å². The zero-order valence-corrected chi connectivity index (χ0v) is 11.7. The number of aliphatic hydroxyl groups is 1. The minimum atomic E-state index is -2.22. The summed E-state index contributed by atoms with van der Waals surface area (Å²) < 4.78 is 0. The van der Waals surface area contributed by atoms with Crippen molar-refractivity contribution in [3.8, 4) is 0 Å². The van der Waals surface area contributed by atoms with Gasteiger partial charge in [-0.1, -0.05) is 33.1 Å². The van der Waals surface area contributed by atoms with Gasteiger partial charge in [-0.05, 0) is 18.1 Å². The standard InChI is InChI=1S/C12H22O5S/c1-3-5-6-9(4-2)8-18-12(17,11(15)16)7-10(13)14/h9,17H,3-8H2,1-2H3,(H,13,14)(H,15,16). The summed E-state index contributed by atoms with van der Waals surface area (Å²) in [7, 11) is 0. The van der Waals surface area contributed by atoms with Crippen LogP contribution in [-0.2, 0) is 9.59 Å². The monoisotopic (exact) mass is 278 g/mol. The topological polar surface area (TPSA) is 94.8 Å². The third-order valence-corrected chi connectivity index (χ3v) is 4.26. The molecule has 0 aromatic carbocycles. The Morgan fingerprint density at radius 3 is 2.28 bits per heavy atom. The number of carboxylic acid groups (broad SMARTS) is 2. The van der Waals surface area contributed by atoms with Crippen molar-refractivity contribution >= 4 is 23.7 Å². The van der Waals surface area contributed by atoms with E-state index in [1.54, 1.807) is 0 Å². The molecular formula is C12H22O5S. The fourth-order valence-electron chi connectivity index (χ4n) is 1.55. The highest BCUT2D eigenvalue weighted by Crippen LogP contribution is 2.30. The largest absolute Gasteiger partial charge is 0.481 e. The van der Waals surface area contributed by atoms with E-state index in [4.69, 9.17) is 10.2 Å². The molecule has 18 heavy (non-hydrogen) atoms. The number of hydrogen-bond acceptors (Lipinski definition) is 4. The summed E-state index contributed by atoms with van der Waals surface area (Å²) in [6, 6.07) is 0. The van der Waals surface area contributed by atoms with Gasteiger partial charge in [0.25, 0.3) is 0 Å². The molecule has 0 fully saturated rings. The molecule has 3 N–H and O–H groups in total. The second-order valence-electron chi connectivity index (χ2n) is 4.39. The maximum Gasteiger partial charge on any atom is 0.347 e. The van der Waals surface area contributed by atoms with E-state index in [2.05, 4.69) is 6.92 Å². The zero-order chi connectivity index (χ0) is 14.2. The average molecular weight is 278 g/mol. The minimum Gasteiger partial charge on any atom is -0.481 e. The Kier molecular flexibility index (Phi) is 8.02. The van der Waals surface area contributed by atoms with Crippen LogP contribution in [-0.4, -0.2) is 37.9 Å². The first-order valence-corrected chi connectivity index (χ1v) is 7.15. The number of unbranched alkanes of at least 4 members (excludes halogenated alkanes) is 1. The molecule has 2 atom stereocenters.